The number of nitro benzene ring substituents is 1. The third-order valence-electron chi connectivity index (χ3n) is 5.89. The van der Waals surface area contributed by atoms with Gasteiger partial charge in [-0.3, -0.25) is 14.9 Å². The number of rotatable bonds is 9. The van der Waals surface area contributed by atoms with Crippen LogP contribution >= 0.6 is 0 Å². The molecule has 0 bridgehead atoms. The molecule has 5 rings (SSSR count). The number of aromatic nitrogens is 2. The van der Waals surface area contributed by atoms with Gasteiger partial charge in [-0.15, -0.1) is 0 Å². The molecule has 0 spiro atoms. The van der Waals surface area contributed by atoms with Crippen molar-refractivity contribution in [1.29, 1.82) is 0 Å². The lowest BCUT2D eigenvalue weighted by Crippen LogP contribution is -2.20. The minimum absolute atomic E-state index is 0.0253. The first-order valence-electron chi connectivity index (χ1n) is 12.3. The van der Waals surface area contributed by atoms with Gasteiger partial charge < -0.3 is 9.47 Å². The number of hydrogen-bond acceptors (Lipinski definition) is 7. The molecule has 0 aliphatic carbocycles. The van der Waals surface area contributed by atoms with E-state index >= 15 is 0 Å². The maximum absolute atomic E-state index is 13.4. The summed E-state index contributed by atoms with van der Waals surface area (Å²) in [5.41, 5.74) is 1.82. The Hall–Kier alpha value is -5.31. The molecule has 39 heavy (non-hydrogen) atoms. The molecule has 194 valence electrons. The lowest BCUT2D eigenvalue weighted by Gasteiger charge is -2.13. The molecule has 0 saturated carbocycles. The fourth-order valence-corrected chi connectivity index (χ4v) is 4.09. The number of ether oxygens (including phenoxy) is 2. The molecule has 0 atom stereocenters. The third-order valence-corrected chi connectivity index (χ3v) is 5.89. The molecule has 9 nitrogen and oxygen atoms in total. The summed E-state index contributed by atoms with van der Waals surface area (Å²) in [6.45, 7) is 2.18. The molecule has 1 aromatic heterocycles. The topological polar surface area (TPSA) is 109 Å². The summed E-state index contributed by atoms with van der Waals surface area (Å²) >= 11 is 0. The average molecular weight is 521 g/mol. The number of benzene rings is 4. The highest BCUT2D eigenvalue weighted by atomic mass is 16.6. The molecule has 0 radical (unpaired) electrons. The molecule has 5 aromatic rings. The lowest BCUT2D eigenvalue weighted by molar-refractivity contribution is -0.386. The Balaban J connectivity index is 1.59. The molecule has 9 heteroatoms. The van der Waals surface area contributed by atoms with E-state index in [0.29, 0.717) is 27.9 Å². The Morgan fingerprint density at radius 1 is 0.949 bits per heavy atom. The van der Waals surface area contributed by atoms with E-state index in [0.717, 1.165) is 5.56 Å². The van der Waals surface area contributed by atoms with Crippen molar-refractivity contribution in [2.24, 2.45) is 5.10 Å². The van der Waals surface area contributed by atoms with Crippen LogP contribution in [0.15, 0.2) is 107 Å². The molecule has 1 heterocycles. The smallest absolute Gasteiger partial charge is 0.315 e. The molecule has 0 saturated heterocycles. The van der Waals surface area contributed by atoms with E-state index in [1.807, 2.05) is 66.7 Å². The van der Waals surface area contributed by atoms with E-state index in [-0.39, 0.29) is 36.0 Å². The first kappa shape index (κ1) is 25.3. The normalized spacial score (nSPS) is 11.1. The van der Waals surface area contributed by atoms with Crippen LogP contribution in [0.25, 0.3) is 22.3 Å². The summed E-state index contributed by atoms with van der Waals surface area (Å²) in [7, 11) is 0. The van der Waals surface area contributed by atoms with Gasteiger partial charge in [-0.25, -0.2) is 4.98 Å². The van der Waals surface area contributed by atoms with Crippen LogP contribution in [0.4, 0.5) is 5.69 Å². The minimum Gasteiger partial charge on any atom is -0.490 e. The van der Waals surface area contributed by atoms with E-state index in [1.165, 1.54) is 17.0 Å². The van der Waals surface area contributed by atoms with Crippen LogP contribution in [0, 0.1) is 10.1 Å². The van der Waals surface area contributed by atoms with Gasteiger partial charge in [-0.05, 0) is 30.7 Å². The van der Waals surface area contributed by atoms with Crippen LogP contribution in [0.5, 0.6) is 11.5 Å². The van der Waals surface area contributed by atoms with Gasteiger partial charge in [0.2, 0.25) is 5.75 Å². The summed E-state index contributed by atoms with van der Waals surface area (Å²) in [6, 6.07) is 28.5. The molecule has 0 aliphatic heterocycles. The van der Waals surface area contributed by atoms with Crippen molar-refractivity contribution in [3.8, 4) is 22.9 Å². The predicted molar refractivity (Wildman–Crippen MR) is 149 cm³/mol. The zero-order chi connectivity index (χ0) is 27.2. The van der Waals surface area contributed by atoms with E-state index in [9.17, 15) is 14.9 Å². The van der Waals surface area contributed by atoms with Gasteiger partial charge in [0.15, 0.2) is 11.6 Å². The van der Waals surface area contributed by atoms with Gasteiger partial charge in [0.1, 0.15) is 6.61 Å². The molecular weight excluding hydrogens is 496 g/mol. The Morgan fingerprint density at radius 3 is 2.36 bits per heavy atom. The van der Waals surface area contributed by atoms with Crippen LogP contribution in [-0.2, 0) is 6.61 Å². The zero-order valence-corrected chi connectivity index (χ0v) is 21.1. The SMILES string of the molecule is CCOc1cc(C=Nn2c(-c3ccccc3)nc3ccccc3c2=O)cc([N+](=O)[O-])c1OCc1ccccc1. The average Bonchev–Trinajstić information content (AvgIpc) is 2.97. The van der Waals surface area contributed by atoms with Crippen molar-refractivity contribution >= 4 is 22.8 Å². The summed E-state index contributed by atoms with van der Waals surface area (Å²) in [5.74, 6) is 0.576. The molecule has 0 aliphatic rings. The lowest BCUT2D eigenvalue weighted by atomic mass is 10.1. The second kappa shape index (κ2) is 11.4. The maximum Gasteiger partial charge on any atom is 0.315 e. The summed E-state index contributed by atoms with van der Waals surface area (Å²) in [4.78, 5) is 29.6. The van der Waals surface area contributed by atoms with Crippen LogP contribution in [0.3, 0.4) is 0 Å². The Kier molecular flexibility index (Phi) is 7.40. The molecule has 4 aromatic carbocycles. The highest BCUT2D eigenvalue weighted by Gasteiger charge is 2.23. The van der Waals surface area contributed by atoms with Crippen molar-refractivity contribution < 1.29 is 14.4 Å². The molecular formula is C30H24N4O5. The van der Waals surface area contributed by atoms with Crippen molar-refractivity contribution in [3.05, 3.63) is 129 Å². The molecule has 0 fully saturated rings. The van der Waals surface area contributed by atoms with Gasteiger partial charge in [0.25, 0.3) is 5.56 Å². The second-order valence-corrected chi connectivity index (χ2v) is 8.51. The number of fused-ring (bicyclic) bond motifs is 1. The minimum atomic E-state index is -0.528. The molecule has 0 amide bonds. The zero-order valence-electron chi connectivity index (χ0n) is 21.1. The van der Waals surface area contributed by atoms with Crippen LogP contribution in [-0.4, -0.2) is 27.4 Å². The fraction of sp³-hybridized carbons (Fsp3) is 0.100. The summed E-state index contributed by atoms with van der Waals surface area (Å²) < 4.78 is 12.8. The Morgan fingerprint density at radius 2 is 1.64 bits per heavy atom. The molecule has 0 N–H and O–H groups in total. The largest absolute Gasteiger partial charge is 0.490 e. The van der Waals surface area contributed by atoms with Crippen molar-refractivity contribution in [2.75, 3.05) is 6.61 Å². The highest BCUT2D eigenvalue weighted by molar-refractivity contribution is 5.84. The Bertz CT molecular complexity index is 1720. The second-order valence-electron chi connectivity index (χ2n) is 8.51. The third kappa shape index (κ3) is 5.52. The standard InChI is InChI=1S/C30H24N4O5/c1-2-38-27-18-22(17-26(34(36)37)28(27)39-20-21-11-5-3-6-12-21)19-31-33-29(23-13-7-4-8-14-23)32-25-16-10-9-15-24(25)30(33)35/h3-19H,2,20H2,1H3. The number of nitrogens with zero attached hydrogens (tertiary/aromatic N) is 4. The van der Waals surface area contributed by atoms with Crippen LogP contribution < -0.4 is 15.0 Å². The first-order chi connectivity index (χ1) is 19.0. The number of para-hydroxylation sites is 1. The highest BCUT2D eigenvalue weighted by Crippen LogP contribution is 2.39. The van der Waals surface area contributed by atoms with Gasteiger partial charge in [0.05, 0.1) is 28.6 Å². The van der Waals surface area contributed by atoms with Crippen LogP contribution in [0.2, 0.25) is 0 Å². The molecule has 0 unspecified atom stereocenters. The maximum atomic E-state index is 13.4. The van der Waals surface area contributed by atoms with Crippen molar-refractivity contribution in [2.45, 2.75) is 13.5 Å². The quantitative estimate of drug-likeness (QED) is 0.137. The number of nitro groups is 1. The summed E-state index contributed by atoms with van der Waals surface area (Å²) in [6.07, 6.45) is 1.38. The monoisotopic (exact) mass is 520 g/mol. The van der Waals surface area contributed by atoms with E-state index in [4.69, 9.17) is 9.47 Å². The summed E-state index contributed by atoms with van der Waals surface area (Å²) in [5, 5.41) is 16.8. The van der Waals surface area contributed by atoms with E-state index < -0.39 is 4.92 Å². The van der Waals surface area contributed by atoms with Crippen molar-refractivity contribution in [1.82, 2.24) is 9.66 Å². The van der Waals surface area contributed by atoms with Gasteiger partial charge >= 0.3 is 5.69 Å². The predicted octanol–water partition coefficient (Wildman–Crippen LogP) is 5.83. The fourth-order valence-electron chi connectivity index (χ4n) is 4.09. The Labute approximate surface area is 223 Å². The van der Waals surface area contributed by atoms with Gasteiger partial charge in [-0.2, -0.15) is 9.78 Å². The van der Waals surface area contributed by atoms with Crippen molar-refractivity contribution in [3.63, 3.8) is 0 Å². The first-order valence-corrected chi connectivity index (χ1v) is 12.3. The number of hydrogen-bond donors (Lipinski definition) is 0. The van der Waals surface area contributed by atoms with E-state index in [1.54, 1.807) is 31.2 Å². The van der Waals surface area contributed by atoms with Crippen LogP contribution in [0.1, 0.15) is 18.1 Å². The van der Waals surface area contributed by atoms with Gasteiger partial charge in [0, 0.05) is 17.2 Å². The van der Waals surface area contributed by atoms with E-state index in [2.05, 4.69) is 10.1 Å². The van der Waals surface area contributed by atoms with Gasteiger partial charge in [-0.1, -0.05) is 72.8 Å².